The molecule has 1 atom stereocenters. The van der Waals surface area contributed by atoms with Crippen LogP contribution in [-0.2, 0) is 9.59 Å². The minimum Gasteiger partial charge on any atom is -0.453 e. The molecular weight excluding hydrogens is 518 g/mol. The summed E-state index contributed by atoms with van der Waals surface area (Å²) in [6.45, 7) is 0.380. The van der Waals surface area contributed by atoms with Gasteiger partial charge in [-0.3, -0.25) is 4.79 Å². The number of hydrogen-bond acceptors (Lipinski definition) is 4. The Balaban J connectivity index is 1.62. The number of carbonyl (C=O) groups excluding carboxylic acids is 2. The Morgan fingerprint density at radius 1 is 1.00 bits per heavy atom. The summed E-state index contributed by atoms with van der Waals surface area (Å²) in [7, 11) is 0. The lowest BCUT2D eigenvalue weighted by molar-refractivity contribution is -0.117. The maximum atomic E-state index is 12.8. The summed E-state index contributed by atoms with van der Waals surface area (Å²) in [4.78, 5) is 25.1. The maximum absolute atomic E-state index is 12.8. The van der Waals surface area contributed by atoms with Crippen LogP contribution >= 0.6 is 46.4 Å². The smallest absolute Gasteiger partial charge is 0.227 e. The van der Waals surface area contributed by atoms with Crippen molar-refractivity contribution in [3.63, 3.8) is 0 Å². The summed E-state index contributed by atoms with van der Waals surface area (Å²) in [6, 6.07) is 15.3. The number of nitriles is 1. The molecule has 0 radical (unpaired) electrons. The van der Waals surface area contributed by atoms with Crippen molar-refractivity contribution in [3.8, 4) is 17.6 Å². The second-order valence-electron chi connectivity index (χ2n) is 7.51. The number of hydrogen-bond donors (Lipinski definition) is 0. The van der Waals surface area contributed by atoms with E-state index in [9.17, 15) is 14.9 Å². The van der Waals surface area contributed by atoms with E-state index in [1.165, 1.54) is 0 Å². The lowest BCUT2D eigenvalue weighted by atomic mass is 9.98. The van der Waals surface area contributed by atoms with Crippen molar-refractivity contribution in [3.05, 3.63) is 85.3 Å². The molecule has 0 aliphatic carbocycles. The molecule has 5 nitrogen and oxygen atoms in total. The predicted octanol–water partition coefficient (Wildman–Crippen LogP) is 7.33. The molecule has 0 saturated carbocycles. The molecule has 0 spiro atoms. The third-order valence-corrected chi connectivity index (χ3v) is 6.67. The molecule has 0 bridgehead atoms. The van der Waals surface area contributed by atoms with E-state index in [1.807, 2.05) is 12.1 Å². The molecule has 3 aromatic rings. The lowest BCUT2D eigenvalue weighted by Gasteiger charge is -2.19. The van der Waals surface area contributed by atoms with Crippen LogP contribution in [0.1, 0.15) is 29.0 Å². The average Bonchev–Trinajstić information content (AvgIpc) is 3.20. The second-order valence-corrected chi connectivity index (χ2v) is 9.14. The molecule has 1 heterocycles. The molecule has 34 heavy (non-hydrogen) atoms. The lowest BCUT2D eigenvalue weighted by Crippen LogP contribution is -2.24. The number of amides is 1. The van der Waals surface area contributed by atoms with E-state index < -0.39 is 0 Å². The van der Waals surface area contributed by atoms with E-state index in [0.29, 0.717) is 28.6 Å². The third kappa shape index (κ3) is 4.79. The molecule has 170 valence electrons. The molecule has 1 aliphatic heterocycles. The first kappa shape index (κ1) is 24.2. The summed E-state index contributed by atoms with van der Waals surface area (Å²) < 4.78 is 5.91. The molecule has 0 aromatic heterocycles. The number of halogens is 4. The normalized spacial score (nSPS) is 15.1. The second kappa shape index (κ2) is 10.1. The maximum Gasteiger partial charge on any atom is 0.227 e. The van der Waals surface area contributed by atoms with Crippen LogP contribution in [0.25, 0.3) is 6.08 Å². The average molecular weight is 532 g/mol. The van der Waals surface area contributed by atoms with Crippen LogP contribution in [0.5, 0.6) is 11.5 Å². The fourth-order valence-corrected chi connectivity index (χ4v) is 4.72. The highest BCUT2D eigenvalue weighted by atomic mass is 35.5. The minimum atomic E-state index is -0.152. The molecule has 1 saturated heterocycles. The van der Waals surface area contributed by atoms with Gasteiger partial charge in [-0.1, -0.05) is 58.5 Å². The Bertz CT molecular complexity index is 1370. The number of benzene rings is 3. The zero-order valence-corrected chi connectivity index (χ0v) is 20.3. The van der Waals surface area contributed by atoms with Crippen molar-refractivity contribution in [2.24, 2.45) is 0 Å². The standard InChI is InChI=1S/C25H14Cl4N2O3/c26-19-5-4-14(8-23(19)34-25-15(12-30)2-1-3-20(25)27)16-9-24(33)31(13-16)17-10-21(28)18(6-7-32)22(29)11-17/h1-6,8,10-11,16H,9,13H2/t16-/m0/s1. The van der Waals surface area contributed by atoms with Crippen LogP contribution in [0.4, 0.5) is 5.69 Å². The molecule has 1 fully saturated rings. The van der Waals surface area contributed by atoms with Crippen molar-refractivity contribution < 1.29 is 14.3 Å². The van der Waals surface area contributed by atoms with Gasteiger partial charge in [-0.25, -0.2) is 4.79 Å². The Morgan fingerprint density at radius 2 is 1.74 bits per heavy atom. The SMILES string of the molecule is N#Cc1cccc(Cl)c1Oc1cc([C@H]2CC(=O)N(c3cc(Cl)c(C=C=O)c(Cl)c3)C2)ccc1Cl. The van der Waals surface area contributed by atoms with Crippen molar-refractivity contribution in [1.29, 1.82) is 5.26 Å². The highest BCUT2D eigenvalue weighted by Crippen LogP contribution is 2.40. The van der Waals surface area contributed by atoms with Gasteiger partial charge in [0.05, 0.1) is 25.7 Å². The largest absolute Gasteiger partial charge is 0.453 e. The number of nitrogens with zero attached hydrogens (tertiary/aromatic N) is 2. The molecule has 3 aromatic carbocycles. The van der Waals surface area contributed by atoms with E-state index in [2.05, 4.69) is 0 Å². The van der Waals surface area contributed by atoms with Crippen molar-refractivity contribution in [2.75, 3.05) is 11.4 Å². The summed E-state index contributed by atoms with van der Waals surface area (Å²) in [5.41, 5.74) is 1.99. The highest BCUT2D eigenvalue weighted by molar-refractivity contribution is 6.38. The van der Waals surface area contributed by atoms with E-state index in [0.717, 1.165) is 11.6 Å². The van der Waals surface area contributed by atoms with Gasteiger partial charge in [0.15, 0.2) is 5.75 Å². The first-order valence-corrected chi connectivity index (χ1v) is 11.5. The number of anilines is 1. The van der Waals surface area contributed by atoms with Gasteiger partial charge in [0.2, 0.25) is 5.91 Å². The predicted molar refractivity (Wildman–Crippen MR) is 134 cm³/mol. The van der Waals surface area contributed by atoms with Gasteiger partial charge in [0.1, 0.15) is 17.8 Å². The van der Waals surface area contributed by atoms with Crippen LogP contribution in [0, 0.1) is 11.3 Å². The van der Waals surface area contributed by atoms with Crippen molar-refractivity contribution in [1.82, 2.24) is 0 Å². The summed E-state index contributed by atoms with van der Waals surface area (Å²) in [5.74, 6) is 1.94. The number of para-hydroxylation sites is 1. The van der Waals surface area contributed by atoms with Gasteiger partial charge >= 0.3 is 0 Å². The van der Waals surface area contributed by atoms with E-state index in [4.69, 9.17) is 51.1 Å². The molecule has 0 N–H and O–H groups in total. The van der Waals surface area contributed by atoms with E-state index in [1.54, 1.807) is 53.3 Å². The van der Waals surface area contributed by atoms with Crippen molar-refractivity contribution >= 4 is 70.0 Å². The van der Waals surface area contributed by atoms with Crippen LogP contribution in [0.15, 0.2) is 48.5 Å². The molecule has 4 rings (SSSR count). The first-order valence-electron chi connectivity index (χ1n) is 9.98. The van der Waals surface area contributed by atoms with E-state index >= 15 is 0 Å². The van der Waals surface area contributed by atoms with Crippen LogP contribution in [0.2, 0.25) is 20.1 Å². The summed E-state index contributed by atoms with van der Waals surface area (Å²) in [6.07, 6.45) is 1.40. The van der Waals surface area contributed by atoms with Gasteiger partial charge < -0.3 is 9.64 Å². The number of rotatable bonds is 5. The zero-order valence-electron chi connectivity index (χ0n) is 17.3. The molecule has 0 unspecified atom stereocenters. The van der Waals surface area contributed by atoms with Crippen LogP contribution in [-0.4, -0.2) is 18.4 Å². The number of carbonyl (C=O) groups is 1. The van der Waals surface area contributed by atoms with Gasteiger partial charge in [0, 0.05) is 36.2 Å². The Hall–Kier alpha value is -2.97. The Kier molecular flexibility index (Phi) is 7.19. The minimum absolute atomic E-state index is 0.105. The number of ether oxygens (including phenoxy) is 1. The topological polar surface area (TPSA) is 70.4 Å². The Morgan fingerprint density at radius 3 is 2.41 bits per heavy atom. The van der Waals surface area contributed by atoms with Crippen LogP contribution in [0.3, 0.4) is 0 Å². The summed E-state index contributed by atoms with van der Waals surface area (Å²) >= 11 is 25.1. The Labute approximate surface area is 215 Å². The molecular formula is C25H14Cl4N2O3. The molecule has 9 heteroatoms. The van der Waals surface area contributed by atoms with Gasteiger partial charge in [-0.2, -0.15) is 5.26 Å². The van der Waals surface area contributed by atoms with Crippen molar-refractivity contribution in [2.45, 2.75) is 12.3 Å². The highest BCUT2D eigenvalue weighted by Gasteiger charge is 2.32. The zero-order chi connectivity index (χ0) is 24.4. The van der Waals surface area contributed by atoms with Crippen LogP contribution < -0.4 is 9.64 Å². The third-order valence-electron chi connectivity index (χ3n) is 5.43. The fourth-order valence-electron chi connectivity index (χ4n) is 3.77. The quantitative estimate of drug-likeness (QED) is 0.323. The van der Waals surface area contributed by atoms with E-state index in [-0.39, 0.29) is 44.6 Å². The summed E-state index contributed by atoms with van der Waals surface area (Å²) in [5, 5.41) is 10.5. The monoisotopic (exact) mass is 530 g/mol. The molecule has 1 aliphatic rings. The van der Waals surface area contributed by atoms with Gasteiger partial charge in [0.25, 0.3) is 0 Å². The molecule has 1 amide bonds. The van der Waals surface area contributed by atoms with Gasteiger partial charge in [-0.05, 0) is 42.0 Å². The fraction of sp³-hybridized carbons (Fsp3) is 0.120. The van der Waals surface area contributed by atoms with Gasteiger partial charge in [-0.15, -0.1) is 0 Å². The first-order chi connectivity index (χ1) is 16.3.